The summed E-state index contributed by atoms with van der Waals surface area (Å²) in [5.74, 6) is -1.42. The molecule has 5 nitrogen and oxygen atoms in total. The SMILES string of the molecule is CNC(C)CCC=C(C)C.O=C(O)CNC(=O)c1ccccc1. The monoisotopic (exact) mass is 320 g/mol. The van der Waals surface area contributed by atoms with Crippen LogP contribution in [0.25, 0.3) is 0 Å². The maximum Gasteiger partial charge on any atom is 0.322 e. The van der Waals surface area contributed by atoms with E-state index in [1.165, 1.54) is 18.4 Å². The molecule has 23 heavy (non-hydrogen) atoms. The van der Waals surface area contributed by atoms with Crippen molar-refractivity contribution in [2.45, 2.75) is 39.7 Å². The average molecular weight is 320 g/mol. The van der Waals surface area contributed by atoms with E-state index in [9.17, 15) is 9.59 Å². The van der Waals surface area contributed by atoms with Gasteiger partial charge in [0.25, 0.3) is 5.91 Å². The molecule has 128 valence electrons. The number of rotatable bonds is 7. The molecule has 1 aromatic rings. The minimum atomic E-state index is -1.05. The third kappa shape index (κ3) is 12.1. The summed E-state index contributed by atoms with van der Waals surface area (Å²) in [5, 5.41) is 13.8. The van der Waals surface area contributed by atoms with Gasteiger partial charge in [-0.2, -0.15) is 0 Å². The number of aliphatic carboxylic acids is 1. The smallest absolute Gasteiger partial charge is 0.322 e. The number of carbonyl (C=O) groups is 2. The molecule has 5 heteroatoms. The van der Waals surface area contributed by atoms with Gasteiger partial charge in [0, 0.05) is 11.6 Å². The molecular weight excluding hydrogens is 292 g/mol. The second-order valence-corrected chi connectivity index (χ2v) is 5.49. The molecule has 0 bridgehead atoms. The summed E-state index contributed by atoms with van der Waals surface area (Å²) in [6, 6.07) is 9.11. The van der Waals surface area contributed by atoms with Gasteiger partial charge in [0.05, 0.1) is 0 Å². The molecule has 0 aliphatic carbocycles. The number of carboxylic acid groups (broad SMARTS) is 1. The molecule has 0 radical (unpaired) electrons. The third-order valence-corrected chi connectivity index (χ3v) is 3.08. The van der Waals surface area contributed by atoms with Crippen molar-refractivity contribution in [3.05, 3.63) is 47.5 Å². The minimum absolute atomic E-state index is 0.353. The topological polar surface area (TPSA) is 78.4 Å². The lowest BCUT2D eigenvalue weighted by Gasteiger charge is -2.06. The lowest BCUT2D eigenvalue weighted by molar-refractivity contribution is -0.135. The van der Waals surface area contributed by atoms with Gasteiger partial charge in [-0.1, -0.05) is 29.8 Å². The highest BCUT2D eigenvalue weighted by Crippen LogP contribution is 2.00. The summed E-state index contributed by atoms with van der Waals surface area (Å²) >= 11 is 0. The number of hydrogen-bond donors (Lipinski definition) is 3. The first-order valence-electron chi connectivity index (χ1n) is 7.72. The molecule has 1 amide bonds. The molecule has 3 N–H and O–H groups in total. The summed E-state index contributed by atoms with van der Waals surface area (Å²) in [7, 11) is 2.01. The minimum Gasteiger partial charge on any atom is -0.480 e. The van der Waals surface area contributed by atoms with E-state index in [0.29, 0.717) is 11.6 Å². The van der Waals surface area contributed by atoms with Crippen LogP contribution < -0.4 is 10.6 Å². The first-order chi connectivity index (χ1) is 10.9. The summed E-state index contributed by atoms with van der Waals surface area (Å²) in [6.45, 7) is 6.14. The van der Waals surface area contributed by atoms with Crippen LogP contribution in [0.3, 0.4) is 0 Å². The number of allylic oxidation sites excluding steroid dienone is 2. The third-order valence-electron chi connectivity index (χ3n) is 3.08. The summed E-state index contributed by atoms with van der Waals surface area (Å²) in [6.07, 6.45) is 4.72. The van der Waals surface area contributed by atoms with Gasteiger partial charge in [-0.3, -0.25) is 9.59 Å². The highest BCUT2D eigenvalue weighted by Gasteiger charge is 2.04. The summed E-state index contributed by atoms with van der Waals surface area (Å²) in [4.78, 5) is 21.3. The molecule has 0 aromatic heterocycles. The number of carbonyl (C=O) groups excluding carboxylic acids is 1. The molecule has 0 aliphatic heterocycles. The Morgan fingerprint density at radius 3 is 2.30 bits per heavy atom. The second-order valence-electron chi connectivity index (χ2n) is 5.49. The first kappa shape index (κ1) is 20.9. The van der Waals surface area contributed by atoms with Crippen LogP contribution in [-0.2, 0) is 4.79 Å². The largest absolute Gasteiger partial charge is 0.480 e. The first-order valence-corrected chi connectivity index (χ1v) is 7.72. The lowest BCUT2D eigenvalue weighted by atomic mass is 10.1. The van der Waals surface area contributed by atoms with Crippen LogP contribution in [0, 0.1) is 0 Å². The van der Waals surface area contributed by atoms with E-state index in [1.54, 1.807) is 30.3 Å². The van der Waals surface area contributed by atoms with Crippen molar-refractivity contribution in [1.82, 2.24) is 10.6 Å². The molecule has 0 aliphatic rings. The van der Waals surface area contributed by atoms with Crippen molar-refractivity contribution < 1.29 is 14.7 Å². The van der Waals surface area contributed by atoms with E-state index in [4.69, 9.17) is 5.11 Å². The van der Waals surface area contributed by atoms with Crippen LogP contribution in [0.15, 0.2) is 42.0 Å². The van der Waals surface area contributed by atoms with E-state index in [2.05, 4.69) is 37.5 Å². The quantitative estimate of drug-likeness (QED) is 0.675. The van der Waals surface area contributed by atoms with Crippen molar-refractivity contribution in [3.8, 4) is 0 Å². The van der Waals surface area contributed by atoms with Crippen molar-refractivity contribution in [2.24, 2.45) is 0 Å². The highest BCUT2D eigenvalue weighted by molar-refractivity contribution is 5.95. The van der Waals surface area contributed by atoms with Crippen LogP contribution >= 0.6 is 0 Å². The predicted octanol–water partition coefficient (Wildman–Crippen LogP) is 2.84. The molecule has 0 saturated heterocycles. The Bertz CT molecular complexity index is 494. The maximum absolute atomic E-state index is 11.2. The molecule has 1 rings (SSSR count). The van der Waals surface area contributed by atoms with E-state index in [0.717, 1.165) is 0 Å². The van der Waals surface area contributed by atoms with Crippen LogP contribution in [0.1, 0.15) is 44.0 Å². The van der Waals surface area contributed by atoms with Crippen molar-refractivity contribution in [3.63, 3.8) is 0 Å². The average Bonchev–Trinajstić information content (AvgIpc) is 2.53. The molecule has 1 unspecified atom stereocenters. The Kier molecular flexibility index (Phi) is 11.3. The van der Waals surface area contributed by atoms with Gasteiger partial charge in [-0.15, -0.1) is 0 Å². The van der Waals surface area contributed by atoms with E-state index in [1.807, 2.05) is 7.05 Å². The summed E-state index contributed by atoms with van der Waals surface area (Å²) < 4.78 is 0. The molecule has 0 saturated carbocycles. The molecule has 0 fully saturated rings. The normalized spacial score (nSPS) is 10.8. The molecular formula is C18H28N2O3. The van der Waals surface area contributed by atoms with Crippen LogP contribution in [0.5, 0.6) is 0 Å². The van der Waals surface area contributed by atoms with Gasteiger partial charge in [0.15, 0.2) is 0 Å². The molecule has 0 heterocycles. The van der Waals surface area contributed by atoms with E-state index < -0.39 is 5.97 Å². The number of hydrogen-bond acceptors (Lipinski definition) is 3. The lowest BCUT2D eigenvalue weighted by Crippen LogP contribution is -2.29. The number of carboxylic acids is 1. The van der Waals surface area contributed by atoms with Crippen molar-refractivity contribution >= 4 is 11.9 Å². The van der Waals surface area contributed by atoms with Gasteiger partial charge in [-0.05, 0) is 52.8 Å². The zero-order chi connectivity index (χ0) is 17.7. The van der Waals surface area contributed by atoms with Gasteiger partial charge >= 0.3 is 5.97 Å². The number of amides is 1. The second kappa shape index (κ2) is 12.4. The predicted molar refractivity (Wildman–Crippen MR) is 93.6 cm³/mol. The molecule has 1 aromatic carbocycles. The fourth-order valence-electron chi connectivity index (χ4n) is 1.61. The molecule has 0 spiro atoms. The Balaban J connectivity index is 0.000000438. The Morgan fingerprint density at radius 1 is 1.22 bits per heavy atom. The highest BCUT2D eigenvalue weighted by atomic mass is 16.4. The Labute approximate surface area is 138 Å². The summed E-state index contributed by atoms with van der Waals surface area (Å²) in [5.41, 5.74) is 1.88. The van der Waals surface area contributed by atoms with Gasteiger partial charge < -0.3 is 15.7 Å². The standard InChI is InChI=1S/C9H9NO3.C9H19N/c11-8(12)6-10-9(13)7-4-2-1-3-5-7;1-8(2)6-5-7-9(3)10-4/h1-5H,6H2,(H,10,13)(H,11,12);6,9-10H,5,7H2,1-4H3. The van der Waals surface area contributed by atoms with Crippen LogP contribution in [0.2, 0.25) is 0 Å². The maximum atomic E-state index is 11.2. The van der Waals surface area contributed by atoms with Crippen molar-refractivity contribution in [2.75, 3.05) is 13.6 Å². The van der Waals surface area contributed by atoms with E-state index >= 15 is 0 Å². The number of benzene rings is 1. The van der Waals surface area contributed by atoms with E-state index in [-0.39, 0.29) is 12.5 Å². The molecule has 1 atom stereocenters. The zero-order valence-corrected chi connectivity index (χ0v) is 14.4. The van der Waals surface area contributed by atoms with Gasteiger partial charge in [-0.25, -0.2) is 0 Å². The van der Waals surface area contributed by atoms with Crippen LogP contribution in [0.4, 0.5) is 0 Å². The fourth-order valence-corrected chi connectivity index (χ4v) is 1.61. The van der Waals surface area contributed by atoms with Gasteiger partial charge in [0.1, 0.15) is 6.54 Å². The number of nitrogens with one attached hydrogen (secondary N) is 2. The fraction of sp³-hybridized carbons (Fsp3) is 0.444. The zero-order valence-electron chi connectivity index (χ0n) is 14.4. The van der Waals surface area contributed by atoms with Crippen molar-refractivity contribution in [1.29, 1.82) is 0 Å². The Hall–Kier alpha value is -2.14. The van der Waals surface area contributed by atoms with Crippen LogP contribution in [-0.4, -0.2) is 36.6 Å². The van der Waals surface area contributed by atoms with Gasteiger partial charge in [0.2, 0.25) is 0 Å². The Morgan fingerprint density at radius 2 is 1.83 bits per heavy atom.